The second kappa shape index (κ2) is 4.31. The number of hydrogen-bond acceptors (Lipinski definition) is 4. The van der Waals surface area contributed by atoms with Crippen molar-refractivity contribution in [3.05, 3.63) is 17.3 Å². The molecular formula is C12H20N4S. The molecule has 0 radical (unpaired) electrons. The third-order valence-electron chi connectivity index (χ3n) is 2.55. The fraction of sp³-hybridized carbons (Fsp3) is 0.583. The van der Waals surface area contributed by atoms with E-state index in [2.05, 4.69) is 51.9 Å². The van der Waals surface area contributed by atoms with Crippen LogP contribution in [0.3, 0.4) is 0 Å². The topological polar surface area (TPSA) is 32.6 Å². The Kier molecular flexibility index (Phi) is 3.14. The first-order valence-electron chi connectivity index (χ1n) is 5.75. The summed E-state index contributed by atoms with van der Waals surface area (Å²) >= 11 is 1.67. The molecule has 2 aromatic rings. The monoisotopic (exact) mass is 252 g/mol. The molecule has 0 atom stereocenters. The molecule has 0 saturated carbocycles. The van der Waals surface area contributed by atoms with Gasteiger partial charge in [0.15, 0.2) is 10.8 Å². The van der Waals surface area contributed by atoms with Gasteiger partial charge in [-0.05, 0) is 20.8 Å². The zero-order valence-electron chi connectivity index (χ0n) is 11.1. The van der Waals surface area contributed by atoms with Gasteiger partial charge in [0.1, 0.15) is 0 Å². The Morgan fingerprint density at radius 1 is 1.41 bits per heavy atom. The van der Waals surface area contributed by atoms with E-state index in [1.54, 1.807) is 11.3 Å². The predicted octanol–water partition coefficient (Wildman–Crippen LogP) is 2.35. The Balaban J connectivity index is 2.35. The van der Waals surface area contributed by atoms with Gasteiger partial charge in [-0.2, -0.15) is 0 Å². The fourth-order valence-corrected chi connectivity index (χ4v) is 2.42. The Morgan fingerprint density at radius 3 is 2.71 bits per heavy atom. The number of thiazole rings is 1. The zero-order chi connectivity index (χ0) is 12.6. The van der Waals surface area contributed by atoms with E-state index >= 15 is 0 Å². The van der Waals surface area contributed by atoms with Gasteiger partial charge >= 0.3 is 0 Å². The normalized spacial score (nSPS) is 12.3. The van der Waals surface area contributed by atoms with Crippen LogP contribution in [0.25, 0.3) is 4.96 Å². The number of rotatable bonds is 3. The van der Waals surface area contributed by atoms with Crippen LogP contribution < -0.4 is 10.2 Å². The number of nitrogens with one attached hydrogen (secondary N) is 1. The van der Waals surface area contributed by atoms with Gasteiger partial charge in [0.05, 0.1) is 5.69 Å². The first-order valence-corrected chi connectivity index (χ1v) is 6.63. The van der Waals surface area contributed by atoms with Crippen molar-refractivity contribution < 1.29 is 0 Å². The molecule has 2 aromatic heterocycles. The van der Waals surface area contributed by atoms with Crippen molar-refractivity contribution in [3.63, 3.8) is 0 Å². The smallest absolute Gasteiger partial charge is 0.195 e. The molecule has 0 bridgehead atoms. The molecule has 0 saturated heterocycles. The molecule has 17 heavy (non-hydrogen) atoms. The summed E-state index contributed by atoms with van der Waals surface area (Å²) in [6.07, 6.45) is 2.08. The van der Waals surface area contributed by atoms with E-state index in [1.807, 2.05) is 14.1 Å². The lowest BCUT2D eigenvalue weighted by Gasteiger charge is -2.21. The third kappa shape index (κ3) is 2.61. The molecule has 4 nitrogen and oxygen atoms in total. The van der Waals surface area contributed by atoms with Crippen molar-refractivity contribution in [3.8, 4) is 0 Å². The van der Waals surface area contributed by atoms with Gasteiger partial charge in [-0.1, -0.05) is 0 Å². The van der Waals surface area contributed by atoms with Gasteiger partial charge in [-0.15, -0.1) is 11.3 Å². The van der Waals surface area contributed by atoms with Crippen LogP contribution in [0, 0.1) is 0 Å². The SMILES string of the molecule is CN(C)c1nc2sccn2c1CNC(C)(C)C. The van der Waals surface area contributed by atoms with Crippen LogP contribution in [0.1, 0.15) is 26.5 Å². The lowest BCUT2D eigenvalue weighted by Crippen LogP contribution is -2.35. The molecule has 94 valence electrons. The van der Waals surface area contributed by atoms with E-state index < -0.39 is 0 Å². The highest BCUT2D eigenvalue weighted by molar-refractivity contribution is 7.15. The first kappa shape index (κ1) is 12.4. The van der Waals surface area contributed by atoms with Gasteiger partial charge in [0.2, 0.25) is 0 Å². The summed E-state index contributed by atoms with van der Waals surface area (Å²) in [6, 6.07) is 0. The minimum atomic E-state index is 0.115. The van der Waals surface area contributed by atoms with Gasteiger partial charge in [0, 0.05) is 37.8 Å². The fourth-order valence-electron chi connectivity index (χ4n) is 1.69. The lowest BCUT2D eigenvalue weighted by molar-refractivity contribution is 0.421. The van der Waals surface area contributed by atoms with Crippen molar-refractivity contribution in [1.29, 1.82) is 0 Å². The standard InChI is InChI=1S/C12H20N4S/c1-12(2,3)13-8-9-10(15(4)5)14-11-16(9)6-7-17-11/h6-7,13H,8H2,1-5H3. The second-order valence-corrected chi connectivity index (χ2v) is 6.31. The molecule has 0 fully saturated rings. The molecule has 0 amide bonds. The number of aromatic nitrogens is 2. The quantitative estimate of drug-likeness (QED) is 0.910. The van der Waals surface area contributed by atoms with Crippen LogP contribution in [0.5, 0.6) is 0 Å². The van der Waals surface area contributed by atoms with Crippen LogP contribution in [-0.2, 0) is 6.54 Å². The van der Waals surface area contributed by atoms with Crippen LogP contribution >= 0.6 is 11.3 Å². The van der Waals surface area contributed by atoms with Crippen molar-refractivity contribution in [2.24, 2.45) is 0 Å². The average Bonchev–Trinajstić information content (AvgIpc) is 2.71. The first-order chi connectivity index (χ1) is 7.88. The maximum absolute atomic E-state index is 4.64. The molecule has 0 aliphatic carbocycles. The van der Waals surface area contributed by atoms with Gasteiger partial charge in [-0.25, -0.2) is 4.98 Å². The van der Waals surface area contributed by atoms with E-state index in [4.69, 9.17) is 0 Å². The number of hydrogen-bond donors (Lipinski definition) is 1. The summed E-state index contributed by atoms with van der Waals surface area (Å²) in [5.41, 5.74) is 1.34. The number of imidazole rings is 1. The molecule has 0 aromatic carbocycles. The molecule has 2 heterocycles. The summed E-state index contributed by atoms with van der Waals surface area (Å²) < 4.78 is 2.17. The third-order valence-corrected chi connectivity index (χ3v) is 3.31. The maximum Gasteiger partial charge on any atom is 0.195 e. The lowest BCUT2D eigenvalue weighted by atomic mass is 10.1. The summed E-state index contributed by atoms with van der Waals surface area (Å²) in [4.78, 5) is 7.76. The Hall–Kier alpha value is -1.07. The predicted molar refractivity (Wildman–Crippen MR) is 74.0 cm³/mol. The number of nitrogens with zero attached hydrogens (tertiary/aromatic N) is 3. The maximum atomic E-state index is 4.64. The van der Waals surface area contributed by atoms with Crippen LogP contribution in [0.4, 0.5) is 5.82 Å². The van der Waals surface area contributed by atoms with Crippen LogP contribution in [0.2, 0.25) is 0 Å². The molecule has 5 heteroatoms. The Morgan fingerprint density at radius 2 is 2.12 bits per heavy atom. The highest BCUT2D eigenvalue weighted by Gasteiger charge is 2.17. The summed E-state index contributed by atoms with van der Waals surface area (Å²) in [5, 5.41) is 5.59. The van der Waals surface area contributed by atoms with Crippen molar-refractivity contribution in [2.75, 3.05) is 19.0 Å². The van der Waals surface area contributed by atoms with Crippen LogP contribution in [-0.4, -0.2) is 29.0 Å². The van der Waals surface area contributed by atoms with Crippen molar-refractivity contribution in [1.82, 2.24) is 14.7 Å². The van der Waals surface area contributed by atoms with E-state index in [9.17, 15) is 0 Å². The van der Waals surface area contributed by atoms with Crippen molar-refractivity contribution in [2.45, 2.75) is 32.9 Å². The van der Waals surface area contributed by atoms with E-state index in [1.165, 1.54) is 5.69 Å². The van der Waals surface area contributed by atoms with E-state index in [-0.39, 0.29) is 5.54 Å². The highest BCUT2D eigenvalue weighted by atomic mass is 32.1. The molecule has 0 spiro atoms. The van der Waals surface area contributed by atoms with Gasteiger partial charge in [-0.3, -0.25) is 4.40 Å². The molecule has 1 N–H and O–H groups in total. The average molecular weight is 252 g/mol. The van der Waals surface area contributed by atoms with E-state index in [0.29, 0.717) is 0 Å². The summed E-state index contributed by atoms with van der Waals surface area (Å²) in [6.45, 7) is 7.35. The van der Waals surface area contributed by atoms with Crippen molar-refractivity contribution >= 4 is 22.1 Å². The molecular weight excluding hydrogens is 232 g/mol. The van der Waals surface area contributed by atoms with Gasteiger partial charge in [0.25, 0.3) is 0 Å². The number of anilines is 1. The molecule has 2 rings (SSSR count). The summed E-state index contributed by atoms with van der Waals surface area (Å²) in [5.74, 6) is 1.05. The Labute approximate surface area is 106 Å². The summed E-state index contributed by atoms with van der Waals surface area (Å²) in [7, 11) is 4.07. The Bertz CT molecular complexity index is 504. The number of fused-ring (bicyclic) bond motifs is 1. The minimum Gasteiger partial charge on any atom is -0.361 e. The highest BCUT2D eigenvalue weighted by Crippen LogP contribution is 2.23. The largest absolute Gasteiger partial charge is 0.361 e. The second-order valence-electron chi connectivity index (χ2n) is 5.44. The molecule has 0 aliphatic rings. The zero-order valence-corrected chi connectivity index (χ0v) is 11.9. The van der Waals surface area contributed by atoms with Crippen LogP contribution in [0.15, 0.2) is 11.6 Å². The molecule has 0 aliphatic heterocycles. The minimum absolute atomic E-state index is 0.115. The van der Waals surface area contributed by atoms with Gasteiger partial charge < -0.3 is 10.2 Å². The van der Waals surface area contributed by atoms with E-state index in [0.717, 1.165) is 17.3 Å². The molecule has 0 unspecified atom stereocenters.